The van der Waals surface area contributed by atoms with E-state index in [1.807, 2.05) is 0 Å². The minimum absolute atomic E-state index is 0.0541. The third-order valence-electron chi connectivity index (χ3n) is 2.96. The molecule has 0 fully saturated rings. The molecule has 2 aromatic carbocycles. The third kappa shape index (κ3) is 4.03. The molecule has 2 amide bonds. The molecule has 7 heteroatoms. The molecule has 0 aromatic heterocycles. The molecule has 0 radical (unpaired) electrons. The Morgan fingerprint density at radius 1 is 1.23 bits per heavy atom. The Morgan fingerprint density at radius 3 is 2.64 bits per heavy atom. The summed E-state index contributed by atoms with van der Waals surface area (Å²) >= 11 is 17.7. The van der Waals surface area contributed by atoms with Gasteiger partial charge in [-0.1, -0.05) is 46.9 Å². The highest BCUT2D eigenvalue weighted by atomic mass is 35.5. The summed E-state index contributed by atoms with van der Waals surface area (Å²) in [6.07, 6.45) is 0. The van der Waals surface area contributed by atoms with Crippen molar-refractivity contribution >= 4 is 46.5 Å². The molecule has 0 bridgehead atoms. The molecule has 3 nitrogen and oxygen atoms in total. The minimum Gasteiger partial charge on any atom is -0.323 e. The van der Waals surface area contributed by atoms with Crippen molar-refractivity contribution in [2.24, 2.45) is 0 Å². The van der Waals surface area contributed by atoms with Crippen molar-refractivity contribution in [1.29, 1.82) is 0 Å². The van der Waals surface area contributed by atoms with Gasteiger partial charge in [-0.15, -0.1) is 0 Å². The van der Waals surface area contributed by atoms with E-state index in [-0.39, 0.29) is 17.3 Å². The zero-order chi connectivity index (χ0) is 16.3. The number of carbonyl (C=O) groups is 1. The number of nitrogens with one attached hydrogen (secondary N) is 1. The van der Waals surface area contributed by atoms with E-state index < -0.39 is 11.8 Å². The van der Waals surface area contributed by atoms with Gasteiger partial charge in [-0.2, -0.15) is 0 Å². The van der Waals surface area contributed by atoms with Crippen molar-refractivity contribution in [2.75, 3.05) is 12.4 Å². The number of halogens is 4. The van der Waals surface area contributed by atoms with Crippen LogP contribution in [0.1, 0.15) is 5.56 Å². The molecule has 0 saturated carbocycles. The zero-order valence-electron chi connectivity index (χ0n) is 11.5. The van der Waals surface area contributed by atoms with Gasteiger partial charge < -0.3 is 10.2 Å². The van der Waals surface area contributed by atoms with Crippen LogP contribution in [0.25, 0.3) is 0 Å². The molecule has 0 unspecified atom stereocenters. The molecular weight excluding hydrogens is 350 g/mol. The largest absolute Gasteiger partial charge is 0.323 e. The van der Waals surface area contributed by atoms with Crippen LogP contribution in [0.4, 0.5) is 14.9 Å². The first-order valence-corrected chi connectivity index (χ1v) is 7.42. The van der Waals surface area contributed by atoms with Crippen molar-refractivity contribution < 1.29 is 9.18 Å². The summed E-state index contributed by atoms with van der Waals surface area (Å²) in [5.74, 6) is -0.602. The monoisotopic (exact) mass is 360 g/mol. The Labute approximate surface area is 142 Å². The summed E-state index contributed by atoms with van der Waals surface area (Å²) in [6.45, 7) is 0.237. The molecule has 116 valence electrons. The lowest BCUT2D eigenvalue weighted by Crippen LogP contribution is -2.31. The Balaban J connectivity index is 2.07. The Hall–Kier alpha value is -1.49. The Morgan fingerprint density at radius 2 is 1.95 bits per heavy atom. The minimum atomic E-state index is -0.602. The Bertz CT molecular complexity index is 709. The van der Waals surface area contributed by atoms with E-state index in [1.54, 1.807) is 25.2 Å². The van der Waals surface area contributed by atoms with Crippen LogP contribution >= 0.6 is 34.8 Å². The van der Waals surface area contributed by atoms with Crippen LogP contribution in [0.2, 0.25) is 15.1 Å². The summed E-state index contributed by atoms with van der Waals surface area (Å²) < 4.78 is 13.7. The number of nitrogens with zero attached hydrogens (tertiary/aromatic N) is 1. The highest BCUT2D eigenvalue weighted by molar-refractivity contribution is 6.42. The number of rotatable bonds is 3. The summed E-state index contributed by atoms with van der Waals surface area (Å²) in [7, 11) is 1.57. The molecule has 2 aromatic rings. The van der Waals surface area contributed by atoms with Crippen LogP contribution in [-0.4, -0.2) is 18.0 Å². The maximum absolute atomic E-state index is 13.7. The van der Waals surface area contributed by atoms with Crippen molar-refractivity contribution in [1.82, 2.24) is 4.90 Å². The van der Waals surface area contributed by atoms with Gasteiger partial charge in [0, 0.05) is 18.6 Å². The van der Waals surface area contributed by atoms with Crippen molar-refractivity contribution in [2.45, 2.75) is 6.54 Å². The van der Waals surface area contributed by atoms with Crippen molar-refractivity contribution in [3.63, 3.8) is 0 Å². The lowest BCUT2D eigenvalue weighted by Gasteiger charge is -2.19. The molecule has 22 heavy (non-hydrogen) atoms. The fraction of sp³-hybridized carbons (Fsp3) is 0.133. The first-order chi connectivity index (χ1) is 10.4. The molecule has 0 spiro atoms. The second kappa shape index (κ2) is 7.18. The van der Waals surface area contributed by atoms with Gasteiger partial charge in [0.25, 0.3) is 0 Å². The number of carbonyl (C=O) groups excluding carboxylic acids is 1. The van der Waals surface area contributed by atoms with Crippen LogP contribution in [-0.2, 0) is 6.54 Å². The molecule has 1 N–H and O–H groups in total. The lowest BCUT2D eigenvalue weighted by atomic mass is 10.2. The second-order valence-corrected chi connectivity index (χ2v) is 5.84. The summed E-state index contributed by atoms with van der Waals surface area (Å²) in [5.41, 5.74) is 0.752. The SMILES string of the molecule is CN(Cc1cccc(Cl)c1Cl)C(=O)Nc1ccc(Cl)cc1F. The predicted molar refractivity (Wildman–Crippen MR) is 88.4 cm³/mol. The Kier molecular flexibility index (Phi) is 5.51. The summed E-state index contributed by atoms with van der Waals surface area (Å²) in [6, 6.07) is 8.72. The second-order valence-electron chi connectivity index (χ2n) is 4.62. The zero-order valence-corrected chi connectivity index (χ0v) is 13.8. The van der Waals surface area contributed by atoms with Gasteiger partial charge in [-0.3, -0.25) is 0 Å². The number of benzene rings is 2. The smallest absolute Gasteiger partial charge is 0.321 e. The van der Waals surface area contributed by atoms with Gasteiger partial charge in [0.05, 0.1) is 15.7 Å². The highest BCUT2D eigenvalue weighted by Gasteiger charge is 2.14. The van der Waals surface area contributed by atoms with Gasteiger partial charge >= 0.3 is 6.03 Å². The molecule has 0 saturated heterocycles. The predicted octanol–water partition coefficient (Wildman–Crippen LogP) is 5.45. The van der Waals surface area contributed by atoms with E-state index >= 15 is 0 Å². The topological polar surface area (TPSA) is 32.3 Å². The number of anilines is 1. The van der Waals surface area contributed by atoms with E-state index in [0.717, 1.165) is 6.07 Å². The average Bonchev–Trinajstić information content (AvgIpc) is 2.46. The molecule has 0 atom stereocenters. The van der Waals surface area contributed by atoms with Crippen LogP contribution in [0, 0.1) is 5.82 Å². The van der Waals surface area contributed by atoms with Crippen LogP contribution in [0.3, 0.4) is 0 Å². The number of urea groups is 1. The van der Waals surface area contributed by atoms with E-state index in [1.165, 1.54) is 17.0 Å². The molecular formula is C15H12Cl3FN2O. The van der Waals surface area contributed by atoms with Crippen LogP contribution in [0.15, 0.2) is 36.4 Å². The lowest BCUT2D eigenvalue weighted by molar-refractivity contribution is 0.220. The number of amides is 2. The van der Waals surface area contributed by atoms with E-state index in [0.29, 0.717) is 15.6 Å². The van der Waals surface area contributed by atoms with E-state index in [4.69, 9.17) is 34.8 Å². The maximum atomic E-state index is 13.7. The fourth-order valence-corrected chi connectivity index (χ4v) is 2.34. The maximum Gasteiger partial charge on any atom is 0.321 e. The van der Waals surface area contributed by atoms with Gasteiger partial charge in [0.2, 0.25) is 0 Å². The molecule has 0 aliphatic heterocycles. The van der Waals surface area contributed by atoms with Gasteiger partial charge in [0.15, 0.2) is 0 Å². The fourth-order valence-electron chi connectivity index (χ4n) is 1.80. The van der Waals surface area contributed by atoms with Gasteiger partial charge in [0.1, 0.15) is 5.82 Å². The van der Waals surface area contributed by atoms with Gasteiger partial charge in [-0.05, 0) is 29.8 Å². The molecule has 0 aliphatic carbocycles. The average molecular weight is 362 g/mol. The van der Waals surface area contributed by atoms with Crippen LogP contribution < -0.4 is 5.32 Å². The van der Waals surface area contributed by atoms with Gasteiger partial charge in [-0.25, -0.2) is 9.18 Å². The number of hydrogen-bond acceptors (Lipinski definition) is 1. The first kappa shape index (κ1) is 16.9. The molecule has 0 heterocycles. The first-order valence-electron chi connectivity index (χ1n) is 6.28. The van der Waals surface area contributed by atoms with E-state index in [9.17, 15) is 9.18 Å². The van der Waals surface area contributed by atoms with Crippen molar-refractivity contribution in [3.05, 3.63) is 62.8 Å². The number of hydrogen-bond donors (Lipinski definition) is 1. The standard InChI is InChI=1S/C15H12Cl3FN2O/c1-21(8-9-3-2-4-11(17)14(9)18)15(22)20-13-6-5-10(16)7-12(13)19/h2-7H,8H2,1H3,(H,20,22). The molecule has 2 rings (SSSR count). The normalized spacial score (nSPS) is 10.4. The summed E-state index contributed by atoms with van der Waals surface area (Å²) in [4.78, 5) is 13.5. The summed E-state index contributed by atoms with van der Waals surface area (Å²) in [5, 5.41) is 3.53. The quantitative estimate of drug-likeness (QED) is 0.774. The van der Waals surface area contributed by atoms with Crippen molar-refractivity contribution in [3.8, 4) is 0 Å². The van der Waals surface area contributed by atoms with Crippen LogP contribution in [0.5, 0.6) is 0 Å². The third-order valence-corrected chi connectivity index (χ3v) is 4.05. The molecule has 0 aliphatic rings. The van der Waals surface area contributed by atoms with E-state index in [2.05, 4.69) is 5.32 Å². The highest BCUT2D eigenvalue weighted by Crippen LogP contribution is 2.26.